The van der Waals surface area contributed by atoms with Gasteiger partial charge < -0.3 is 10.1 Å². The Hall–Kier alpha value is -2.21. The minimum Gasteiger partial charge on any atom is -0.495 e. The Morgan fingerprint density at radius 3 is 2.18 bits per heavy atom. The summed E-state index contributed by atoms with van der Waals surface area (Å²) in [4.78, 5) is 0.224. The maximum Gasteiger partial charge on any atom is 0.261 e. The predicted octanol–water partition coefficient (Wildman–Crippen LogP) is 3.56. The third-order valence-corrected chi connectivity index (χ3v) is 4.17. The van der Waals surface area contributed by atoms with E-state index >= 15 is 0 Å². The highest BCUT2D eigenvalue weighted by Gasteiger charge is 2.14. The van der Waals surface area contributed by atoms with Gasteiger partial charge in [0.2, 0.25) is 0 Å². The first-order valence-corrected chi connectivity index (χ1v) is 8.49. The van der Waals surface area contributed by atoms with Gasteiger partial charge >= 0.3 is 0 Å². The third-order valence-electron chi connectivity index (χ3n) is 2.77. The van der Waals surface area contributed by atoms with E-state index in [0.29, 0.717) is 17.1 Å². The Morgan fingerprint density at radius 1 is 1.00 bits per heavy atom. The van der Waals surface area contributed by atoms with Crippen LogP contribution in [0.25, 0.3) is 0 Å². The molecule has 0 radical (unpaired) electrons. The molecule has 0 spiro atoms. The molecule has 0 saturated heterocycles. The molecule has 0 aliphatic rings. The molecule has 0 atom stereocenters. The van der Waals surface area contributed by atoms with Crippen molar-refractivity contribution in [1.82, 2.24) is 0 Å². The van der Waals surface area contributed by atoms with Gasteiger partial charge in [-0.2, -0.15) is 0 Å². The van der Waals surface area contributed by atoms with Crippen molar-refractivity contribution in [1.29, 1.82) is 0 Å². The fraction of sp³-hybridized carbons (Fsp3) is 0.250. The lowest BCUT2D eigenvalue weighted by molar-refractivity contribution is 0.416. The van der Waals surface area contributed by atoms with Crippen molar-refractivity contribution >= 4 is 21.4 Å². The van der Waals surface area contributed by atoms with Crippen LogP contribution in [0.3, 0.4) is 0 Å². The zero-order chi connectivity index (χ0) is 16.6. The zero-order valence-corrected chi connectivity index (χ0v) is 14.1. The van der Waals surface area contributed by atoms with E-state index in [1.807, 2.05) is 13.8 Å². The Labute approximate surface area is 132 Å². The number of nitrogens with one attached hydrogen (secondary N) is 2. The van der Waals surface area contributed by atoms with Crippen LogP contribution >= 0.6 is 0 Å². The molecule has 0 bridgehead atoms. The maximum absolute atomic E-state index is 12.2. The van der Waals surface area contributed by atoms with E-state index in [1.165, 1.54) is 0 Å². The van der Waals surface area contributed by atoms with E-state index in [1.54, 1.807) is 62.7 Å². The van der Waals surface area contributed by atoms with Crippen molar-refractivity contribution < 1.29 is 13.2 Å². The first-order valence-electron chi connectivity index (χ1n) is 7.00. The van der Waals surface area contributed by atoms with Crippen LogP contribution in [-0.4, -0.2) is 22.6 Å². The lowest BCUT2D eigenvalue weighted by Crippen LogP contribution is -2.13. The topological polar surface area (TPSA) is 67.4 Å². The summed E-state index contributed by atoms with van der Waals surface area (Å²) in [5.41, 5.74) is 1.18. The molecule has 2 aromatic carbocycles. The van der Waals surface area contributed by atoms with Gasteiger partial charge in [0, 0.05) is 7.05 Å². The fourth-order valence-electron chi connectivity index (χ4n) is 1.78. The lowest BCUT2D eigenvalue weighted by Gasteiger charge is -2.12. The molecule has 0 heterocycles. The van der Waals surface area contributed by atoms with Crippen LogP contribution in [0, 0.1) is 0 Å². The average molecular weight is 322 g/mol. The monoisotopic (exact) mass is 322 g/mol. The SMILES string of the molecule is CC.CNc1cc(NS(=O)(=O)c2ccccc2)ccc1OC. The van der Waals surface area contributed by atoms with Crippen LogP contribution in [-0.2, 0) is 10.0 Å². The van der Waals surface area contributed by atoms with Crippen molar-refractivity contribution in [3.05, 3.63) is 48.5 Å². The van der Waals surface area contributed by atoms with Gasteiger partial charge in [-0.3, -0.25) is 4.72 Å². The number of sulfonamides is 1. The first-order chi connectivity index (χ1) is 10.6. The summed E-state index contributed by atoms with van der Waals surface area (Å²) in [7, 11) is -0.274. The lowest BCUT2D eigenvalue weighted by atomic mass is 10.2. The Morgan fingerprint density at radius 2 is 1.64 bits per heavy atom. The number of anilines is 2. The van der Waals surface area contributed by atoms with E-state index in [9.17, 15) is 8.42 Å². The summed E-state index contributed by atoms with van der Waals surface area (Å²) in [6, 6.07) is 13.3. The summed E-state index contributed by atoms with van der Waals surface area (Å²) >= 11 is 0. The standard InChI is InChI=1S/C14H16N2O3S.C2H6/c1-15-13-10-11(8-9-14(13)19-2)16-20(17,18)12-6-4-3-5-7-12;1-2/h3-10,15-16H,1-2H3;1-2H3. The van der Waals surface area contributed by atoms with Gasteiger partial charge in [-0.05, 0) is 30.3 Å². The van der Waals surface area contributed by atoms with E-state index < -0.39 is 10.0 Å². The number of ether oxygens (including phenoxy) is 1. The number of hydrogen-bond donors (Lipinski definition) is 2. The summed E-state index contributed by atoms with van der Waals surface area (Å²) in [6.45, 7) is 4.00. The van der Waals surface area contributed by atoms with Crippen LogP contribution in [0.2, 0.25) is 0 Å². The van der Waals surface area contributed by atoms with Gasteiger partial charge in [-0.15, -0.1) is 0 Å². The van der Waals surface area contributed by atoms with Crippen LogP contribution in [0.4, 0.5) is 11.4 Å². The van der Waals surface area contributed by atoms with Gasteiger partial charge in [0.25, 0.3) is 10.0 Å². The molecular formula is C16H22N2O3S. The molecule has 120 valence electrons. The normalized spacial score (nSPS) is 10.2. The largest absolute Gasteiger partial charge is 0.495 e. The van der Waals surface area contributed by atoms with Crippen molar-refractivity contribution in [2.75, 3.05) is 24.2 Å². The van der Waals surface area contributed by atoms with Crippen molar-refractivity contribution in [3.8, 4) is 5.75 Å². The molecule has 6 heteroatoms. The van der Waals surface area contributed by atoms with Crippen LogP contribution in [0.1, 0.15) is 13.8 Å². The predicted molar refractivity (Wildman–Crippen MR) is 91.1 cm³/mol. The number of benzene rings is 2. The molecule has 5 nitrogen and oxygen atoms in total. The number of methoxy groups -OCH3 is 1. The van der Waals surface area contributed by atoms with Gasteiger partial charge in [0.05, 0.1) is 23.4 Å². The molecule has 0 saturated carbocycles. The number of hydrogen-bond acceptors (Lipinski definition) is 4. The molecule has 2 N–H and O–H groups in total. The molecule has 2 aromatic rings. The first kappa shape index (κ1) is 17.8. The minimum absolute atomic E-state index is 0.224. The Bertz CT molecular complexity index is 686. The summed E-state index contributed by atoms with van der Waals surface area (Å²) in [6.07, 6.45) is 0. The van der Waals surface area contributed by atoms with Crippen molar-refractivity contribution in [2.45, 2.75) is 18.7 Å². The smallest absolute Gasteiger partial charge is 0.261 e. The molecule has 0 unspecified atom stereocenters. The summed E-state index contributed by atoms with van der Waals surface area (Å²) in [5, 5.41) is 2.95. The van der Waals surface area contributed by atoms with Gasteiger partial charge in [0.1, 0.15) is 5.75 Å². The molecule has 0 aliphatic heterocycles. The highest BCUT2D eigenvalue weighted by Crippen LogP contribution is 2.28. The summed E-state index contributed by atoms with van der Waals surface area (Å²) < 4.78 is 32.1. The van der Waals surface area contributed by atoms with Crippen LogP contribution in [0.15, 0.2) is 53.4 Å². The van der Waals surface area contributed by atoms with Gasteiger partial charge in [-0.1, -0.05) is 32.0 Å². The Kier molecular flexibility index (Phi) is 6.72. The van der Waals surface area contributed by atoms with Gasteiger partial charge in [0.15, 0.2) is 0 Å². The van der Waals surface area contributed by atoms with Crippen molar-refractivity contribution in [3.63, 3.8) is 0 Å². The molecule has 2 rings (SSSR count). The average Bonchev–Trinajstić information content (AvgIpc) is 2.57. The van der Waals surface area contributed by atoms with Crippen LogP contribution < -0.4 is 14.8 Å². The molecular weight excluding hydrogens is 300 g/mol. The Balaban J connectivity index is 0.00000116. The van der Waals surface area contributed by atoms with Gasteiger partial charge in [-0.25, -0.2) is 8.42 Å². The highest BCUT2D eigenvalue weighted by molar-refractivity contribution is 7.92. The van der Waals surface area contributed by atoms with E-state index in [2.05, 4.69) is 10.0 Å². The summed E-state index contributed by atoms with van der Waals surface area (Å²) in [5.74, 6) is 0.648. The minimum atomic E-state index is -3.58. The second-order valence-corrected chi connectivity index (χ2v) is 5.77. The fourth-order valence-corrected chi connectivity index (χ4v) is 2.85. The maximum atomic E-state index is 12.2. The molecule has 0 aliphatic carbocycles. The molecule has 22 heavy (non-hydrogen) atoms. The number of rotatable bonds is 5. The zero-order valence-electron chi connectivity index (χ0n) is 13.3. The quantitative estimate of drug-likeness (QED) is 0.883. The third kappa shape index (κ3) is 4.39. The van der Waals surface area contributed by atoms with Crippen LogP contribution in [0.5, 0.6) is 5.75 Å². The van der Waals surface area contributed by atoms with E-state index in [0.717, 1.165) is 0 Å². The molecule has 0 aromatic heterocycles. The van der Waals surface area contributed by atoms with Crippen molar-refractivity contribution in [2.24, 2.45) is 0 Å². The van der Waals surface area contributed by atoms with E-state index in [-0.39, 0.29) is 4.90 Å². The highest BCUT2D eigenvalue weighted by atomic mass is 32.2. The second-order valence-electron chi connectivity index (χ2n) is 4.08. The molecule has 0 fully saturated rings. The second kappa shape index (κ2) is 8.29. The molecule has 0 amide bonds. The van der Waals surface area contributed by atoms with E-state index in [4.69, 9.17) is 4.74 Å².